The summed E-state index contributed by atoms with van der Waals surface area (Å²) in [6.45, 7) is 0.728. The van der Waals surface area contributed by atoms with E-state index in [0.717, 1.165) is 11.7 Å². The van der Waals surface area contributed by atoms with Gasteiger partial charge in [-0.2, -0.15) is 0 Å². The molecule has 2 aromatic carbocycles. The topological polar surface area (TPSA) is 24.4 Å². The summed E-state index contributed by atoms with van der Waals surface area (Å²) in [5.41, 5.74) is 1.73. The highest BCUT2D eigenvalue weighted by Gasteiger charge is 2.21. The van der Waals surface area contributed by atoms with Gasteiger partial charge in [-0.25, -0.2) is 4.39 Å². The van der Waals surface area contributed by atoms with Gasteiger partial charge in [-0.1, -0.05) is 54.2 Å². The summed E-state index contributed by atoms with van der Waals surface area (Å²) in [4.78, 5) is 4.43. The first-order valence-electron chi connectivity index (χ1n) is 6.10. The Bertz CT molecular complexity index is 598. The fourth-order valence-electron chi connectivity index (χ4n) is 1.96. The van der Waals surface area contributed by atoms with Crippen molar-refractivity contribution in [3.05, 3.63) is 66.0 Å². The van der Waals surface area contributed by atoms with Gasteiger partial charge in [0, 0.05) is 0 Å². The van der Waals surface area contributed by atoms with Gasteiger partial charge in [0.05, 0.1) is 17.5 Å². The van der Waals surface area contributed by atoms with E-state index in [1.165, 1.54) is 11.6 Å². The molecule has 0 fully saturated rings. The molecule has 0 spiro atoms. The van der Waals surface area contributed by atoms with E-state index in [4.69, 9.17) is 0 Å². The number of benzene rings is 2. The molecule has 0 aliphatic carbocycles. The van der Waals surface area contributed by atoms with E-state index in [0.29, 0.717) is 10.9 Å². The van der Waals surface area contributed by atoms with E-state index >= 15 is 0 Å². The molecule has 0 saturated heterocycles. The minimum absolute atomic E-state index is 0.256. The molecule has 19 heavy (non-hydrogen) atoms. The van der Waals surface area contributed by atoms with Gasteiger partial charge in [-0.3, -0.25) is 4.99 Å². The first-order valence-corrected chi connectivity index (χ1v) is 6.98. The molecule has 0 amide bonds. The van der Waals surface area contributed by atoms with Crippen LogP contribution in [-0.2, 0) is 0 Å². The van der Waals surface area contributed by atoms with Gasteiger partial charge in [-0.15, -0.1) is 0 Å². The number of rotatable bonds is 2. The Morgan fingerprint density at radius 3 is 2.58 bits per heavy atom. The molecule has 1 heterocycles. The fraction of sp³-hybridized carbons (Fsp3) is 0.133. The number of hydrogen-bond donors (Lipinski definition) is 1. The summed E-state index contributed by atoms with van der Waals surface area (Å²) in [5, 5.41) is 4.14. The molecule has 2 nitrogen and oxygen atoms in total. The van der Waals surface area contributed by atoms with Crippen LogP contribution in [0.3, 0.4) is 0 Å². The second-order valence-electron chi connectivity index (χ2n) is 4.27. The average Bonchev–Trinajstić information content (AvgIpc) is 2.91. The summed E-state index contributed by atoms with van der Waals surface area (Å²) >= 11 is 1.64. The Balaban J connectivity index is 1.68. The Hall–Kier alpha value is -1.81. The minimum Gasteiger partial charge on any atom is -0.333 e. The van der Waals surface area contributed by atoms with Crippen molar-refractivity contribution in [2.75, 3.05) is 11.9 Å². The normalized spacial score (nSPS) is 18.2. The zero-order chi connectivity index (χ0) is 13.1. The van der Waals surface area contributed by atoms with Crippen molar-refractivity contribution >= 4 is 22.6 Å². The van der Waals surface area contributed by atoms with Crippen LogP contribution in [0.5, 0.6) is 0 Å². The van der Waals surface area contributed by atoms with Crippen molar-refractivity contribution in [2.24, 2.45) is 4.99 Å². The Kier molecular flexibility index (Phi) is 3.51. The van der Waals surface area contributed by atoms with Crippen molar-refractivity contribution in [1.82, 2.24) is 0 Å². The second-order valence-corrected chi connectivity index (χ2v) is 5.46. The summed E-state index contributed by atoms with van der Waals surface area (Å²) < 4.78 is 13.5. The molecule has 1 unspecified atom stereocenters. The summed E-state index contributed by atoms with van der Waals surface area (Å²) in [6.07, 6.45) is 0. The lowest BCUT2D eigenvalue weighted by molar-refractivity contribution is 0.632. The highest BCUT2D eigenvalue weighted by Crippen LogP contribution is 2.35. The van der Waals surface area contributed by atoms with E-state index in [1.54, 1.807) is 30.0 Å². The van der Waals surface area contributed by atoms with Gasteiger partial charge in [0.2, 0.25) is 0 Å². The van der Waals surface area contributed by atoms with Crippen LogP contribution >= 0.6 is 11.8 Å². The molecule has 0 bridgehead atoms. The van der Waals surface area contributed by atoms with Gasteiger partial charge < -0.3 is 5.32 Å². The highest BCUT2D eigenvalue weighted by molar-refractivity contribution is 8.14. The SMILES string of the molecule is Fc1ccccc1NC1=NCC(c2ccccc2)S1. The fourth-order valence-corrected chi connectivity index (χ4v) is 2.99. The number of para-hydroxylation sites is 1. The molecule has 0 aromatic heterocycles. The molecule has 0 saturated carbocycles. The molecule has 96 valence electrons. The maximum Gasteiger partial charge on any atom is 0.161 e. The molecular weight excluding hydrogens is 259 g/mol. The van der Waals surface area contributed by atoms with Crippen molar-refractivity contribution in [3.63, 3.8) is 0 Å². The third-order valence-electron chi connectivity index (χ3n) is 2.94. The average molecular weight is 272 g/mol. The molecule has 0 radical (unpaired) electrons. The monoisotopic (exact) mass is 272 g/mol. The van der Waals surface area contributed by atoms with E-state index in [-0.39, 0.29) is 5.82 Å². The number of amidine groups is 1. The van der Waals surface area contributed by atoms with Crippen molar-refractivity contribution < 1.29 is 4.39 Å². The van der Waals surface area contributed by atoms with Gasteiger partial charge in [0.15, 0.2) is 5.17 Å². The first kappa shape index (κ1) is 12.2. The van der Waals surface area contributed by atoms with Gasteiger partial charge in [-0.05, 0) is 17.7 Å². The van der Waals surface area contributed by atoms with Crippen LogP contribution < -0.4 is 5.32 Å². The van der Waals surface area contributed by atoms with Crippen LogP contribution in [0.4, 0.5) is 10.1 Å². The van der Waals surface area contributed by atoms with E-state index in [1.807, 2.05) is 18.2 Å². The van der Waals surface area contributed by atoms with Crippen LogP contribution in [0.15, 0.2) is 59.6 Å². The smallest absolute Gasteiger partial charge is 0.161 e. The number of thioether (sulfide) groups is 1. The van der Waals surface area contributed by atoms with E-state index in [2.05, 4.69) is 22.4 Å². The largest absolute Gasteiger partial charge is 0.333 e. The summed E-state index contributed by atoms with van der Waals surface area (Å²) in [5.74, 6) is -0.256. The van der Waals surface area contributed by atoms with Crippen LogP contribution in [0.1, 0.15) is 10.8 Å². The maximum atomic E-state index is 13.5. The van der Waals surface area contributed by atoms with Crippen molar-refractivity contribution in [2.45, 2.75) is 5.25 Å². The minimum atomic E-state index is -0.256. The van der Waals surface area contributed by atoms with Crippen LogP contribution in [0, 0.1) is 5.82 Å². The standard InChI is InChI=1S/C15H13FN2S/c16-12-8-4-5-9-13(12)18-15-17-10-14(19-15)11-6-2-1-3-7-11/h1-9,14H,10H2,(H,17,18). The molecule has 3 rings (SSSR count). The van der Waals surface area contributed by atoms with E-state index < -0.39 is 0 Å². The quantitative estimate of drug-likeness (QED) is 0.890. The number of anilines is 1. The number of halogens is 1. The van der Waals surface area contributed by atoms with Crippen LogP contribution in [0.2, 0.25) is 0 Å². The van der Waals surface area contributed by atoms with Crippen molar-refractivity contribution in [3.8, 4) is 0 Å². The lowest BCUT2D eigenvalue weighted by Crippen LogP contribution is -2.06. The third kappa shape index (κ3) is 2.79. The number of nitrogens with zero attached hydrogens (tertiary/aromatic N) is 1. The molecule has 1 aliphatic heterocycles. The Morgan fingerprint density at radius 1 is 1.05 bits per heavy atom. The van der Waals surface area contributed by atoms with Crippen LogP contribution in [0.25, 0.3) is 0 Å². The zero-order valence-electron chi connectivity index (χ0n) is 10.2. The lowest BCUT2D eigenvalue weighted by atomic mass is 10.1. The zero-order valence-corrected chi connectivity index (χ0v) is 11.0. The number of aliphatic imine (C=N–C) groups is 1. The predicted molar refractivity (Wildman–Crippen MR) is 79.1 cm³/mol. The number of nitrogens with one attached hydrogen (secondary N) is 1. The van der Waals surface area contributed by atoms with Gasteiger partial charge in [0.1, 0.15) is 5.82 Å². The molecule has 1 atom stereocenters. The highest BCUT2D eigenvalue weighted by atomic mass is 32.2. The van der Waals surface area contributed by atoms with Gasteiger partial charge >= 0.3 is 0 Å². The Morgan fingerprint density at radius 2 is 1.79 bits per heavy atom. The maximum absolute atomic E-state index is 13.5. The third-order valence-corrected chi connectivity index (χ3v) is 4.10. The number of hydrogen-bond acceptors (Lipinski definition) is 3. The molecule has 4 heteroatoms. The molecule has 1 N–H and O–H groups in total. The van der Waals surface area contributed by atoms with Crippen molar-refractivity contribution in [1.29, 1.82) is 0 Å². The van der Waals surface area contributed by atoms with Crippen LogP contribution in [-0.4, -0.2) is 11.7 Å². The predicted octanol–water partition coefficient (Wildman–Crippen LogP) is 4.08. The molecular formula is C15H13FN2S. The molecule has 1 aliphatic rings. The Labute approximate surface area is 115 Å². The van der Waals surface area contributed by atoms with E-state index in [9.17, 15) is 4.39 Å². The summed E-state index contributed by atoms with van der Waals surface area (Å²) in [6, 6.07) is 16.9. The first-order chi connectivity index (χ1) is 9.33. The second kappa shape index (κ2) is 5.45. The summed E-state index contributed by atoms with van der Waals surface area (Å²) in [7, 11) is 0. The molecule has 2 aromatic rings. The van der Waals surface area contributed by atoms with Gasteiger partial charge in [0.25, 0.3) is 0 Å². The lowest BCUT2D eigenvalue weighted by Gasteiger charge is -2.09.